The Morgan fingerprint density at radius 2 is 1.82 bits per heavy atom. The second-order valence-corrected chi connectivity index (χ2v) is 10.4. The van der Waals surface area contributed by atoms with Crippen molar-refractivity contribution in [3.63, 3.8) is 0 Å². The van der Waals surface area contributed by atoms with Gasteiger partial charge in [-0.3, -0.25) is 4.79 Å². The topological polar surface area (TPSA) is 102 Å². The second kappa shape index (κ2) is 9.70. The number of anilines is 1. The van der Waals surface area contributed by atoms with Crippen LogP contribution >= 0.6 is 11.8 Å². The van der Waals surface area contributed by atoms with Crippen LogP contribution in [0.25, 0.3) is 11.0 Å². The number of nitrogens with zero attached hydrogens (tertiary/aromatic N) is 4. The zero-order valence-electron chi connectivity index (χ0n) is 18.3. The van der Waals surface area contributed by atoms with Gasteiger partial charge < -0.3 is 14.4 Å². The smallest absolute Gasteiger partial charge is 0.238 e. The summed E-state index contributed by atoms with van der Waals surface area (Å²) in [6, 6.07) is 11.0. The molecule has 1 fully saturated rings. The molecule has 1 saturated heterocycles. The van der Waals surface area contributed by atoms with E-state index in [0.717, 1.165) is 17.6 Å². The number of primary sulfonamides is 1. The molecule has 1 aliphatic heterocycles. The van der Waals surface area contributed by atoms with E-state index >= 15 is 0 Å². The summed E-state index contributed by atoms with van der Waals surface area (Å²) in [5.74, 6) is 0.00433. The van der Waals surface area contributed by atoms with Crippen molar-refractivity contribution in [1.82, 2.24) is 14.5 Å². The lowest BCUT2D eigenvalue weighted by Gasteiger charge is -2.36. The lowest BCUT2D eigenvalue weighted by atomic mass is 10.2. The van der Waals surface area contributed by atoms with E-state index in [1.807, 2.05) is 16.4 Å². The Balaban J connectivity index is 1.42. The number of carbonyl (C=O) groups is 1. The molecule has 0 spiro atoms. The van der Waals surface area contributed by atoms with Crippen LogP contribution < -0.4 is 10.0 Å². The molecule has 1 aliphatic rings. The third-order valence-electron chi connectivity index (χ3n) is 5.61. The van der Waals surface area contributed by atoms with Gasteiger partial charge in [0.25, 0.3) is 0 Å². The van der Waals surface area contributed by atoms with E-state index in [0.29, 0.717) is 43.4 Å². The highest BCUT2D eigenvalue weighted by Crippen LogP contribution is 2.27. The van der Waals surface area contributed by atoms with Gasteiger partial charge in [-0.15, -0.1) is 0 Å². The maximum atomic E-state index is 13.2. The summed E-state index contributed by atoms with van der Waals surface area (Å²) in [5, 5.41) is 5.93. The van der Waals surface area contributed by atoms with Crippen LogP contribution in [0.2, 0.25) is 0 Å². The number of hydrogen-bond donors (Lipinski definition) is 1. The Labute approximate surface area is 196 Å². The van der Waals surface area contributed by atoms with Crippen molar-refractivity contribution < 1.29 is 17.6 Å². The van der Waals surface area contributed by atoms with E-state index in [-0.39, 0.29) is 22.4 Å². The van der Waals surface area contributed by atoms with Gasteiger partial charge in [-0.2, -0.15) is 0 Å². The minimum atomic E-state index is -3.82. The van der Waals surface area contributed by atoms with E-state index in [1.165, 1.54) is 36.0 Å². The largest absolute Gasteiger partial charge is 0.368 e. The first-order valence-electron chi connectivity index (χ1n) is 10.7. The van der Waals surface area contributed by atoms with E-state index in [2.05, 4.69) is 9.88 Å². The number of rotatable bonds is 7. The molecule has 2 aromatic carbocycles. The molecule has 1 amide bonds. The molecule has 0 saturated carbocycles. The Kier molecular flexibility index (Phi) is 6.91. The lowest BCUT2D eigenvalue weighted by molar-refractivity contribution is -0.128. The van der Waals surface area contributed by atoms with Gasteiger partial charge in [0.05, 0.1) is 21.7 Å². The molecule has 3 aromatic rings. The summed E-state index contributed by atoms with van der Waals surface area (Å²) in [4.78, 5) is 21.4. The molecule has 0 bridgehead atoms. The summed E-state index contributed by atoms with van der Waals surface area (Å²) < 4.78 is 38.5. The van der Waals surface area contributed by atoms with Crippen LogP contribution in [0.15, 0.2) is 52.5 Å². The van der Waals surface area contributed by atoms with Crippen molar-refractivity contribution in [2.75, 3.05) is 36.8 Å². The first kappa shape index (κ1) is 23.5. The number of piperazine rings is 1. The van der Waals surface area contributed by atoms with Crippen LogP contribution in [0, 0.1) is 5.82 Å². The van der Waals surface area contributed by atoms with Gasteiger partial charge in [0.1, 0.15) is 5.82 Å². The number of benzene rings is 2. The van der Waals surface area contributed by atoms with Crippen LogP contribution in [-0.4, -0.2) is 60.7 Å². The van der Waals surface area contributed by atoms with Crippen molar-refractivity contribution in [3.05, 3.63) is 48.3 Å². The SMILES string of the molecule is CCCn1c(SCC(=O)N2CCN(c3ccc(F)cc3)CC2)nc2cc(S(N)(=O)=O)ccc21. The van der Waals surface area contributed by atoms with Gasteiger partial charge in [-0.05, 0) is 48.9 Å². The van der Waals surface area contributed by atoms with E-state index in [4.69, 9.17) is 5.14 Å². The number of fused-ring (bicyclic) bond motifs is 1. The number of sulfonamides is 1. The van der Waals surface area contributed by atoms with Crippen LogP contribution in [0.4, 0.5) is 10.1 Å². The Morgan fingerprint density at radius 1 is 1.12 bits per heavy atom. The lowest BCUT2D eigenvalue weighted by Crippen LogP contribution is -2.49. The number of hydrogen-bond acceptors (Lipinski definition) is 6. The molecule has 1 aromatic heterocycles. The third-order valence-corrected chi connectivity index (χ3v) is 7.48. The monoisotopic (exact) mass is 491 g/mol. The molecular weight excluding hydrogens is 465 g/mol. The highest BCUT2D eigenvalue weighted by atomic mass is 32.2. The molecule has 33 heavy (non-hydrogen) atoms. The summed E-state index contributed by atoms with van der Waals surface area (Å²) >= 11 is 1.35. The molecule has 0 aliphatic carbocycles. The molecule has 176 valence electrons. The van der Waals surface area contributed by atoms with Gasteiger partial charge >= 0.3 is 0 Å². The van der Waals surface area contributed by atoms with Crippen molar-refractivity contribution in [1.29, 1.82) is 0 Å². The minimum absolute atomic E-state index is 0.0165. The molecule has 0 radical (unpaired) electrons. The average molecular weight is 492 g/mol. The van der Waals surface area contributed by atoms with E-state index in [1.54, 1.807) is 18.2 Å². The molecule has 0 unspecified atom stereocenters. The number of aryl methyl sites for hydroxylation is 1. The van der Waals surface area contributed by atoms with E-state index in [9.17, 15) is 17.6 Å². The fraction of sp³-hybridized carbons (Fsp3) is 0.364. The maximum Gasteiger partial charge on any atom is 0.238 e. The number of halogens is 1. The summed E-state index contributed by atoms with van der Waals surface area (Å²) in [7, 11) is -3.82. The third kappa shape index (κ3) is 5.31. The Bertz CT molecular complexity index is 1250. The molecule has 4 rings (SSSR count). The molecule has 8 nitrogen and oxygen atoms in total. The summed E-state index contributed by atoms with van der Waals surface area (Å²) in [5.41, 5.74) is 2.30. The first-order valence-corrected chi connectivity index (χ1v) is 13.2. The molecule has 2 heterocycles. The van der Waals surface area contributed by atoms with E-state index < -0.39 is 10.0 Å². The summed E-state index contributed by atoms with van der Waals surface area (Å²) in [6.45, 7) is 5.32. The fourth-order valence-electron chi connectivity index (χ4n) is 3.90. The zero-order chi connectivity index (χ0) is 23.6. The normalized spacial score (nSPS) is 14.8. The second-order valence-electron chi connectivity index (χ2n) is 7.87. The number of imidazole rings is 1. The minimum Gasteiger partial charge on any atom is -0.368 e. The van der Waals surface area contributed by atoms with Crippen LogP contribution in [0.3, 0.4) is 0 Å². The van der Waals surface area contributed by atoms with Gasteiger partial charge in [0.2, 0.25) is 15.9 Å². The number of nitrogens with two attached hydrogens (primary N) is 1. The highest BCUT2D eigenvalue weighted by molar-refractivity contribution is 7.99. The van der Waals surface area contributed by atoms with Crippen LogP contribution in [0.1, 0.15) is 13.3 Å². The number of thioether (sulfide) groups is 1. The van der Waals surface area contributed by atoms with Gasteiger partial charge in [-0.25, -0.2) is 22.9 Å². The number of carbonyl (C=O) groups excluding carboxylic acids is 1. The van der Waals surface area contributed by atoms with Crippen molar-refractivity contribution in [3.8, 4) is 0 Å². The number of amides is 1. The molecule has 0 atom stereocenters. The Hall–Kier alpha value is -2.63. The molecular formula is C22H26FN5O3S2. The zero-order valence-corrected chi connectivity index (χ0v) is 19.9. The van der Waals surface area contributed by atoms with Crippen molar-refractivity contribution in [2.45, 2.75) is 29.9 Å². The van der Waals surface area contributed by atoms with Gasteiger partial charge in [0.15, 0.2) is 5.16 Å². The fourth-order valence-corrected chi connectivity index (χ4v) is 5.38. The summed E-state index contributed by atoms with van der Waals surface area (Å²) in [6.07, 6.45) is 0.870. The van der Waals surface area contributed by atoms with Crippen molar-refractivity contribution >= 4 is 44.4 Å². The predicted molar refractivity (Wildman–Crippen MR) is 127 cm³/mol. The average Bonchev–Trinajstić information content (AvgIpc) is 3.14. The maximum absolute atomic E-state index is 13.2. The molecule has 11 heteroatoms. The molecule has 2 N–H and O–H groups in total. The van der Waals surface area contributed by atoms with Crippen molar-refractivity contribution in [2.24, 2.45) is 5.14 Å². The Morgan fingerprint density at radius 3 is 2.45 bits per heavy atom. The van der Waals surface area contributed by atoms with Gasteiger partial charge in [-0.1, -0.05) is 18.7 Å². The van der Waals surface area contributed by atoms with Gasteiger partial charge in [0, 0.05) is 38.4 Å². The predicted octanol–water partition coefficient (Wildman–Crippen LogP) is 2.67. The first-order chi connectivity index (χ1) is 15.8. The standard InChI is InChI=1S/C22H26FN5O3S2/c1-2-9-28-20-8-7-18(33(24,30)31)14-19(20)25-22(28)32-15-21(29)27-12-10-26(11-13-27)17-5-3-16(23)4-6-17/h3-8,14H,2,9-13,15H2,1H3,(H2,24,30,31). The number of aromatic nitrogens is 2. The van der Waals surface area contributed by atoms with Crippen LogP contribution in [-0.2, 0) is 21.4 Å². The van der Waals surface area contributed by atoms with Crippen LogP contribution in [0.5, 0.6) is 0 Å². The quantitative estimate of drug-likeness (QED) is 0.510. The highest BCUT2D eigenvalue weighted by Gasteiger charge is 2.22.